The van der Waals surface area contributed by atoms with Gasteiger partial charge in [0.1, 0.15) is 0 Å². The van der Waals surface area contributed by atoms with E-state index in [1.165, 1.54) is 0 Å². The number of carbonyl (C=O) groups is 2. The molecule has 4 nitrogen and oxygen atoms in total. The van der Waals surface area contributed by atoms with Crippen molar-refractivity contribution >= 4 is 29.1 Å². The monoisotopic (exact) mass is 253 g/mol. The summed E-state index contributed by atoms with van der Waals surface area (Å²) in [6, 6.07) is 6.47. The highest BCUT2D eigenvalue weighted by Gasteiger charge is 2.14. The van der Waals surface area contributed by atoms with Gasteiger partial charge in [0.15, 0.2) is 0 Å². The fraction of sp³-hybridized carbons (Fsp3) is 0.167. The van der Waals surface area contributed by atoms with Crippen molar-refractivity contribution in [2.45, 2.75) is 6.92 Å². The van der Waals surface area contributed by atoms with Gasteiger partial charge < -0.3 is 10.5 Å². The first-order chi connectivity index (χ1) is 8.04. The van der Waals surface area contributed by atoms with Crippen molar-refractivity contribution in [3.05, 3.63) is 40.9 Å². The summed E-state index contributed by atoms with van der Waals surface area (Å²) in [5.41, 5.74) is 5.70. The van der Waals surface area contributed by atoms with Crippen LogP contribution in [0.25, 0.3) is 5.57 Å². The van der Waals surface area contributed by atoms with E-state index in [9.17, 15) is 9.59 Å². The van der Waals surface area contributed by atoms with Gasteiger partial charge in [-0.15, -0.1) is 0 Å². The summed E-state index contributed by atoms with van der Waals surface area (Å²) in [6.07, 6.45) is 1.04. The van der Waals surface area contributed by atoms with Crippen LogP contribution in [0.2, 0.25) is 5.02 Å². The first-order valence-corrected chi connectivity index (χ1v) is 5.36. The highest BCUT2D eigenvalue weighted by molar-refractivity contribution is 6.30. The Morgan fingerprint density at radius 2 is 1.94 bits per heavy atom. The average molecular weight is 254 g/mol. The van der Waals surface area contributed by atoms with Crippen LogP contribution >= 0.6 is 11.6 Å². The molecule has 0 atom stereocenters. The van der Waals surface area contributed by atoms with Gasteiger partial charge in [0.2, 0.25) is 5.91 Å². The maximum Gasteiger partial charge on any atom is 0.338 e. The summed E-state index contributed by atoms with van der Waals surface area (Å²) in [7, 11) is 0. The van der Waals surface area contributed by atoms with Crippen molar-refractivity contribution in [2.24, 2.45) is 5.73 Å². The van der Waals surface area contributed by atoms with Crippen molar-refractivity contribution in [3.8, 4) is 0 Å². The van der Waals surface area contributed by atoms with Crippen LogP contribution < -0.4 is 5.73 Å². The number of esters is 1. The second-order valence-electron chi connectivity index (χ2n) is 3.19. The van der Waals surface area contributed by atoms with Crippen LogP contribution in [0.1, 0.15) is 12.5 Å². The van der Waals surface area contributed by atoms with Gasteiger partial charge >= 0.3 is 5.97 Å². The van der Waals surface area contributed by atoms with Crippen molar-refractivity contribution < 1.29 is 14.3 Å². The van der Waals surface area contributed by atoms with Gasteiger partial charge in [0, 0.05) is 11.1 Å². The van der Waals surface area contributed by atoms with Crippen LogP contribution in [-0.2, 0) is 14.3 Å². The molecule has 0 radical (unpaired) electrons. The smallest absolute Gasteiger partial charge is 0.338 e. The molecule has 5 heteroatoms. The number of rotatable bonds is 4. The molecule has 0 saturated heterocycles. The number of primary amides is 1. The molecule has 0 spiro atoms. The quantitative estimate of drug-likeness (QED) is 0.657. The number of nitrogens with two attached hydrogens (primary N) is 1. The van der Waals surface area contributed by atoms with Crippen molar-refractivity contribution in [2.75, 3.05) is 6.61 Å². The lowest BCUT2D eigenvalue weighted by Crippen LogP contribution is -2.13. The standard InChI is InChI=1S/C12H12ClNO3/c1-2-17-12(16)10(7-11(14)15)8-3-5-9(13)6-4-8/h3-7H,2H2,1H3,(H2,14,15)/b10-7-. The van der Waals surface area contributed by atoms with Crippen LogP contribution in [0.4, 0.5) is 0 Å². The van der Waals surface area contributed by atoms with Crippen LogP contribution in [0.5, 0.6) is 0 Å². The first-order valence-electron chi connectivity index (χ1n) is 4.98. The van der Waals surface area contributed by atoms with E-state index < -0.39 is 11.9 Å². The average Bonchev–Trinajstić information content (AvgIpc) is 2.27. The van der Waals surface area contributed by atoms with Gasteiger partial charge in [-0.2, -0.15) is 0 Å². The number of hydrogen-bond acceptors (Lipinski definition) is 3. The Kier molecular flexibility index (Phi) is 4.72. The third-order valence-corrected chi connectivity index (χ3v) is 2.19. The molecule has 0 aliphatic heterocycles. The molecular formula is C12H12ClNO3. The SMILES string of the molecule is CCOC(=O)/C(=C\C(N)=O)c1ccc(Cl)cc1. The molecule has 0 fully saturated rings. The summed E-state index contributed by atoms with van der Waals surface area (Å²) in [5.74, 6) is -1.29. The Balaban J connectivity index is 3.11. The van der Waals surface area contributed by atoms with E-state index >= 15 is 0 Å². The van der Waals surface area contributed by atoms with E-state index in [0.29, 0.717) is 10.6 Å². The Bertz CT molecular complexity index is 451. The van der Waals surface area contributed by atoms with E-state index in [-0.39, 0.29) is 12.2 Å². The molecule has 0 saturated carbocycles. The molecular weight excluding hydrogens is 242 g/mol. The second-order valence-corrected chi connectivity index (χ2v) is 3.62. The zero-order chi connectivity index (χ0) is 12.8. The lowest BCUT2D eigenvalue weighted by Gasteiger charge is -2.06. The third-order valence-electron chi connectivity index (χ3n) is 1.94. The molecule has 0 bridgehead atoms. The molecule has 0 heterocycles. The molecule has 0 aromatic heterocycles. The van der Waals surface area contributed by atoms with E-state index in [1.807, 2.05) is 0 Å². The van der Waals surface area contributed by atoms with Gasteiger partial charge in [-0.1, -0.05) is 23.7 Å². The molecule has 1 amide bonds. The highest BCUT2D eigenvalue weighted by atomic mass is 35.5. The van der Waals surface area contributed by atoms with Crippen LogP contribution in [0, 0.1) is 0 Å². The first kappa shape index (κ1) is 13.3. The number of halogens is 1. The van der Waals surface area contributed by atoms with E-state index in [2.05, 4.69) is 0 Å². The fourth-order valence-corrected chi connectivity index (χ4v) is 1.37. The van der Waals surface area contributed by atoms with Crippen molar-refractivity contribution in [3.63, 3.8) is 0 Å². The molecule has 17 heavy (non-hydrogen) atoms. The van der Waals surface area contributed by atoms with Gasteiger partial charge in [-0.25, -0.2) is 4.79 Å². The molecule has 0 aliphatic carbocycles. The minimum absolute atomic E-state index is 0.121. The molecule has 1 aromatic rings. The van der Waals surface area contributed by atoms with E-state index in [4.69, 9.17) is 22.1 Å². The maximum atomic E-state index is 11.6. The maximum absolute atomic E-state index is 11.6. The molecule has 0 aliphatic rings. The number of amides is 1. The largest absolute Gasteiger partial charge is 0.462 e. The lowest BCUT2D eigenvalue weighted by molar-refractivity contribution is -0.136. The molecule has 1 rings (SSSR count). The minimum atomic E-state index is -0.706. The van der Waals surface area contributed by atoms with E-state index in [0.717, 1.165) is 6.08 Å². The summed E-state index contributed by atoms with van der Waals surface area (Å²) < 4.78 is 4.84. The molecule has 90 valence electrons. The van der Waals surface area contributed by atoms with Gasteiger partial charge in [0.25, 0.3) is 0 Å². The van der Waals surface area contributed by atoms with E-state index in [1.54, 1.807) is 31.2 Å². The Hall–Kier alpha value is -1.81. The normalized spacial score (nSPS) is 11.1. The summed E-state index contributed by atoms with van der Waals surface area (Å²) in [6.45, 7) is 1.91. The molecule has 0 unspecified atom stereocenters. The molecule has 2 N–H and O–H groups in total. The fourth-order valence-electron chi connectivity index (χ4n) is 1.24. The van der Waals surface area contributed by atoms with Crippen LogP contribution in [0.15, 0.2) is 30.3 Å². The Morgan fingerprint density at radius 3 is 2.41 bits per heavy atom. The second kappa shape index (κ2) is 6.06. The summed E-state index contributed by atoms with van der Waals surface area (Å²) in [5, 5.41) is 0.538. The highest BCUT2D eigenvalue weighted by Crippen LogP contribution is 2.18. The zero-order valence-electron chi connectivity index (χ0n) is 9.27. The van der Waals surface area contributed by atoms with Gasteiger partial charge in [-0.3, -0.25) is 4.79 Å². The predicted octanol–water partition coefficient (Wildman–Crippen LogP) is 1.77. The topological polar surface area (TPSA) is 69.4 Å². The van der Waals surface area contributed by atoms with Gasteiger partial charge in [0.05, 0.1) is 12.2 Å². The zero-order valence-corrected chi connectivity index (χ0v) is 10.0. The minimum Gasteiger partial charge on any atom is -0.462 e. The van der Waals surface area contributed by atoms with Crippen molar-refractivity contribution in [1.82, 2.24) is 0 Å². The number of carbonyl (C=O) groups excluding carboxylic acids is 2. The predicted molar refractivity (Wildman–Crippen MR) is 65.3 cm³/mol. The van der Waals surface area contributed by atoms with Crippen molar-refractivity contribution in [1.29, 1.82) is 0 Å². The van der Waals surface area contributed by atoms with Crippen LogP contribution in [0.3, 0.4) is 0 Å². The molecule has 1 aromatic carbocycles. The van der Waals surface area contributed by atoms with Gasteiger partial charge in [-0.05, 0) is 24.6 Å². The Morgan fingerprint density at radius 1 is 1.35 bits per heavy atom. The number of benzene rings is 1. The lowest BCUT2D eigenvalue weighted by atomic mass is 10.1. The number of hydrogen-bond donors (Lipinski definition) is 1. The third kappa shape index (κ3) is 3.92. The van der Waals surface area contributed by atoms with Crippen LogP contribution in [-0.4, -0.2) is 18.5 Å². The summed E-state index contributed by atoms with van der Waals surface area (Å²) >= 11 is 5.74. The Labute approximate surface area is 104 Å². The number of ether oxygens (including phenoxy) is 1. The summed E-state index contributed by atoms with van der Waals surface area (Å²) in [4.78, 5) is 22.5.